The Labute approximate surface area is 236 Å². The highest BCUT2D eigenvalue weighted by Crippen LogP contribution is 2.46. The molecule has 1 aliphatic heterocycles. The maximum Gasteiger partial charge on any atom is 0.255 e. The van der Waals surface area contributed by atoms with Gasteiger partial charge in [-0.1, -0.05) is 77.8 Å². The smallest absolute Gasteiger partial charge is 0.255 e. The Morgan fingerprint density at radius 1 is 1.05 bits per heavy atom. The largest absolute Gasteiger partial charge is 0.394 e. The fourth-order valence-corrected chi connectivity index (χ4v) is 5.65. The van der Waals surface area contributed by atoms with Gasteiger partial charge in [0.1, 0.15) is 0 Å². The molecule has 3 atom stereocenters. The molecular formula is C27H27Cl2N3O6S. The third-order valence-electron chi connectivity index (χ3n) is 6.38. The first-order valence-electron chi connectivity index (χ1n) is 12.0. The van der Waals surface area contributed by atoms with Crippen molar-refractivity contribution in [3.63, 3.8) is 0 Å². The number of carbonyl (C=O) groups excluding carboxylic acids is 2. The number of rotatable bonds is 10. The second kappa shape index (κ2) is 12.5. The van der Waals surface area contributed by atoms with Crippen LogP contribution in [0.3, 0.4) is 0 Å². The summed E-state index contributed by atoms with van der Waals surface area (Å²) >= 11 is 12.7. The van der Waals surface area contributed by atoms with Crippen LogP contribution in [-0.2, 0) is 26.3 Å². The monoisotopic (exact) mass is 591 g/mol. The van der Waals surface area contributed by atoms with Crippen molar-refractivity contribution in [3.05, 3.63) is 105 Å². The average Bonchev–Trinajstić information content (AvgIpc) is 2.90. The molecule has 0 spiro atoms. The Hall–Kier alpha value is -2.99. The molecule has 1 heterocycles. The van der Waals surface area contributed by atoms with Crippen LogP contribution in [0.5, 0.6) is 0 Å². The Balaban J connectivity index is 1.79. The molecule has 0 saturated heterocycles. The van der Waals surface area contributed by atoms with E-state index in [9.17, 15) is 23.1 Å². The summed E-state index contributed by atoms with van der Waals surface area (Å²) in [5.41, 5.74) is 4.40. The van der Waals surface area contributed by atoms with E-state index in [2.05, 4.69) is 10.2 Å². The third kappa shape index (κ3) is 6.78. The van der Waals surface area contributed by atoms with E-state index in [-0.39, 0.29) is 23.7 Å². The van der Waals surface area contributed by atoms with Crippen LogP contribution in [0.2, 0.25) is 10.0 Å². The lowest BCUT2D eigenvalue weighted by molar-refractivity contribution is -0.138. The first kappa shape index (κ1) is 29.0. The number of benzene rings is 3. The molecule has 2 unspecified atom stereocenters. The van der Waals surface area contributed by atoms with E-state index in [4.69, 9.17) is 28.0 Å². The van der Waals surface area contributed by atoms with Crippen LogP contribution >= 0.6 is 23.2 Å². The first-order valence-corrected chi connectivity index (χ1v) is 14.6. The van der Waals surface area contributed by atoms with Gasteiger partial charge < -0.3 is 10.0 Å². The van der Waals surface area contributed by atoms with Crippen LogP contribution < -0.4 is 10.2 Å². The van der Waals surface area contributed by atoms with E-state index in [1.165, 1.54) is 11.0 Å². The van der Waals surface area contributed by atoms with Crippen LogP contribution in [0, 0.1) is 0 Å². The Morgan fingerprint density at radius 2 is 1.74 bits per heavy atom. The number of aliphatic hydroxyl groups excluding tert-OH is 1. The van der Waals surface area contributed by atoms with Crippen molar-refractivity contribution in [2.75, 3.05) is 19.4 Å². The minimum Gasteiger partial charge on any atom is -0.394 e. The third-order valence-corrected chi connectivity index (χ3v) is 7.63. The number of hydroxylamine groups is 1. The minimum atomic E-state index is -3.65. The summed E-state index contributed by atoms with van der Waals surface area (Å²) in [6.45, 7) is -0.770. The highest BCUT2D eigenvalue weighted by molar-refractivity contribution is 7.88. The maximum atomic E-state index is 13.9. The van der Waals surface area contributed by atoms with Crippen LogP contribution in [0.4, 0.5) is 0 Å². The number of aliphatic hydroxyl groups is 1. The highest BCUT2D eigenvalue weighted by Gasteiger charge is 2.47. The molecule has 9 nitrogen and oxygen atoms in total. The van der Waals surface area contributed by atoms with Gasteiger partial charge in [-0.05, 0) is 34.9 Å². The fraction of sp³-hybridized carbons (Fsp3) is 0.259. The number of fused-ring (bicyclic) bond motifs is 1. The Bertz CT molecular complexity index is 1450. The summed E-state index contributed by atoms with van der Waals surface area (Å²) in [5.74, 6) is -2.08. The fourth-order valence-electron chi connectivity index (χ4n) is 4.63. The average molecular weight is 593 g/mol. The molecule has 0 fully saturated rings. The summed E-state index contributed by atoms with van der Waals surface area (Å²) in [5, 5.41) is 10.8. The summed E-state index contributed by atoms with van der Waals surface area (Å²) in [7, 11) is -3.65. The number of carbonyl (C=O) groups is 2. The number of sulfonamides is 1. The van der Waals surface area contributed by atoms with Crippen molar-refractivity contribution in [3.8, 4) is 0 Å². The second-order valence-corrected chi connectivity index (χ2v) is 11.8. The number of nitrogens with one attached hydrogen (secondary N) is 2. The molecule has 3 aromatic carbocycles. The van der Waals surface area contributed by atoms with E-state index in [0.29, 0.717) is 16.1 Å². The Kier molecular flexibility index (Phi) is 9.27. The van der Waals surface area contributed by atoms with E-state index < -0.39 is 46.4 Å². The quantitative estimate of drug-likeness (QED) is 0.310. The summed E-state index contributed by atoms with van der Waals surface area (Å²) in [6.07, 6.45) is 0.975. The van der Waals surface area contributed by atoms with E-state index in [1.54, 1.807) is 36.4 Å². The van der Waals surface area contributed by atoms with Gasteiger partial charge in [0.2, 0.25) is 10.0 Å². The van der Waals surface area contributed by atoms with E-state index in [1.807, 2.05) is 30.3 Å². The molecule has 0 aromatic heterocycles. The van der Waals surface area contributed by atoms with Crippen molar-refractivity contribution in [1.29, 1.82) is 0 Å². The lowest BCUT2D eigenvalue weighted by atomic mass is 9.78. The number of nitrogens with zero attached hydrogens (tertiary/aromatic N) is 1. The minimum absolute atomic E-state index is 0.105. The number of hydrogen-bond acceptors (Lipinski definition) is 6. The molecule has 1 aliphatic rings. The molecule has 206 valence electrons. The molecule has 3 aromatic rings. The lowest BCUT2D eigenvalue weighted by Gasteiger charge is -2.45. The van der Waals surface area contributed by atoms with Gasteiger partial charge in [-0.25, -0.2) is 18.6 Å². The number of amides is 2. The van der Waals surface area contributed by atoms with Crippen LogP contribution in [0.15, 0.2) is 72.8 Å². The van der Waals surface area contributed by atoms with Crippen molar-refractivity contribution >= 4 is 45.0 Å². The second-order valence-electron chi connectivity index (χ2n) is 9.09. The summed E-state index contributed by atoms with van der Waals surface area (Å²) < 4.78 is 26.1. The van der Waals surface area contributed by atoms with Gasteiger partial charge in [0.05, 0.1) is 37.5 Å². The predicted molar refractivity (Wildman–Crippen MR) is 148 cm³/mol. The molecule has 4 rings (SSSR count). The molecule has 0 bridgehead atoms. The van der Waals surface area contributed by atoms with E-state index in [0.717, 1.165) is 11.8 Å². The Morgan fingerprint density at radius 3 is 2.41 bits per heavy atom. The van der Waals surface area contributed by atoms with Gasteiger partial charge in [0, 0.05) is 22.2 Å². The summed E-state index contributed by atoms with van der Waals surface area (Å²) in [4.78, 5) is 34.5. The molecule has 0 saturated carbocycles. The topological polar surface area (TPSA) is 125 Å². The first-order chi connectivity index (χ1) is 18.6. The van der Waals surface area contributed by atoms with Gasteiger partial charge in [-0.3, -0.25) is 14.4 Å². The van der Waals surface area contributed by atoms with Crippen LogP contribution in [-0.4, -0.2) is 55.7 Å². The highest BCUT2D eigenvalue weighted by atomic mass is 35.5. The molecule has 3 N–H and O–H groups in total. The molecule has 12 heteroatoms. The molecule has 2 amide bonds. The molecular weight excluding hydrogens is 565 g/mol. The zero-order valence-electron chi connectivity index (χ0n) is 20.9. The standard InChI is InChI=1S/C27H27Cl2N3O6S/c1-39(36,37)30-14-19(15-33)32-25(22-12-11-18(28)13-23(22)29)24(20-9-5-6-10-21(20)27(32)35)26(34)31-38-16-17-7-3-2-4-8-17/h2-13,19,24-25,30,33H,14-16H2,1H3,(H,31,34)/t19-,24?,25?/m0/s1. The molecule has 39 heavy (non-hydrogen) atoms. The van der Waals surface area contributed by atoms with Crippen LogP contribution in [0.25, 0.3) is 0 Å². The predicted octanol–water partition coefficient (Wildman–Crippen LogP) is 3.43. The van der Waals surface area contributed by atoms with Crippen molar-refractivity contribution < 1.29 is 28.0 Å². The zero-order chi connectivity index (χ0) is 28.2. The summed E-state index contributed by atoms with van der Waals surface area (Å²) in [6, 6.07) is 18.5. The number of halogens is 2. The van der Waals surface area contributed by atoms with Gasteiger partial charge in [-0.15, -0.1) is 0 Å². The van der Waals surface area contributed by atoms with Gasteiger partial charge >= 0.3 is 0 Å². The molecule has 0 aliphatic carbocycles. The van der Waals surface area contributed by atoms with Crippen molar-refractivity contribution in [1.82, 2.24) is 15.1 Å². The lowest BCUT2D eigenvalue weighted by Crippen LogP contribution is -2.55. The maximum absolute atomic E-state index is 13.9. The van der Waals surface area contributed by atoms with Crippen molar-refractivity contribution in [2.45, 2.75) is 24.6 Å². The van der Waals surface area contributed by atoms with E-state index >= 15 is 0 Å². The van der Waals surface area contributed by atoms with Gasteiger partial charge in [-0.2, -0.15) is 0 Å². The van der Waals surface area contributed by atoms with Gasteiger partial charge in [0.25, 0.3) is 11.8 Å². The van der Waals surface area contributed by atoms with Crippen LogP contribution in [0.1, 0.15) is 39.0 Å². The normalized spacial score (nSPS) is 17.9. The van der Waals surface area contributed by atoms with Crippen molar-refractivity contribution in [2.24, 2.45) is 0 Å². The molecule has 0 radical (unpaired) electrons. The zero-order valence-corrected chi connectivity index (χ0v) is 23.2. The SMILES string of the molecule is CS(=O)(=O)NC[C@@H](CO)N1C(=O)c2ccccc2C(C(=O)NOCc2ccccc2)C1c1ccc(Cl)cc1Cl. The number of hydrogen-bond donors (Lipinski definition) is 3. The van der Waals surface area contributed by atoms with Gasteiger partial charge in [0.15, 0.2) is 0 Å².